The van der Waals surface area contributed by atoms with Gasteiger partial charge in [-0.2, -0.15) is 0 Å². The zero-order valence-electron chi connectivity index (χ0n) is 12.7. The molecule has 1 saturated carbocycles. The minimum Gasteiger partial charge on any atom is -0.349 e. The number of rotatable bonds is 4. The minimum atomic E-state index is 0.0190. The first-order valence-corrected chi connectivity index (χ1v) is 8.03. The highest BCUT2D eigenvalue weighted by atomic mass is 35.5. The first kappa shape index (κ1) is 14.5. The van der Waals surface area contributed by atoms with E-state index in [4.69, 9.17) is 11.6 Å². The molecule has 0 atom stereocenters. The van der Waals surface area contributed by atoms with Gasteiger partial charge in [-0.05, 0) is 37.8 Å². The summed E-state index contributed by atoms with van der Waals surface area (Å²) in [6.45, 7) is 7.25. The van der Waals surface area contributed by atoms with E-state index >= 15 is 0 Å². The molecule has 1 aliphatic carbocycles. The van der Waals surface area contributed by atoms with Gasteiger partial charge in [0.15, 0.2) is 0 Å². The number of carbonyl (C=O) groups excluding carboxylic acids is 1. The van der Waals surface area contributed by atoms with Crippen molar-refractivity contribution in [3.63, 3.8) is 0 Å². The van der Waals surface area contributed by atoms with E-state index in [2.05, 4.69) is 30.7 Å². The Morgan fingerprint density at radius 1 is 1.43 bits per heavy atom. The first-order valence-electron chi connectivity index (χ1n) is 7.65. The monoisotopic (exact) mass is 304 g/mol. The second-order valence-corrected chi connectivity index (χ2v) is 6.46. The van der Waals surface area contributed by atoms with Gasteiger partial charge in [-0.3, -0.25) is 4.79 Å². The average Bonchev–Trinajstić information content (AvgIpc) is 3.21. The number of halogens is 1. The summed E-state index contributed by atoms with van der Waals surface area (Å²) in [4.78, 5) is 12.2. The Hall–Kier alpha value is -1.48. The number of hydrogen-bond donors (Lipinski definition) is 1. The first-order chi connectivity index (χ1) is 10.0. The number of benzene rings is 1. The number of aryl methyl sites for hydroxylation is 1. The molecule has 1 N–H and O–H groups in total. The molecule has 0 unspecified atom stereocenters. The van der Waals surface area contributed by atoms with E-state index < -0.39 is 0 Å². The molecule has 3 nitrogen and oxygen atoms in total. The van der Waals surface area contributed by atoms with E-state index in [1.807, 2.05) is 18.2 Å². The molecular weight excluding hydrogens is 284 g/mol. The highest BCUT2D eigenvalue weighted by Gasteiger charge is 2.24. The molecule has 21 heavy (non-hydrogen) atoms. The largest absolute Gasteiger partial charge is 0.349 e. The van der Waals surface area contributed by atoms with Crippen LogP contribution in [0.4, 0.5) is 0 Å². The standard InChI is InChI=1S/C17H21ClN2O/c1-4-20-14-9-11(17(21)19-12-6-7-12)5-8-13(14)15(18)16(20)10(2)3/h5,8-10,12H,4,6-7H2,1-3H3,(H,19,21). The van der Waals surface area contributed by atoms with Gasteiger partial charge in [0.25, 0.3) is 5.91 Å². The fourth-order valence-electron chi connectivity index (χ4n) is 2.87. The number of aromatic nitrogens is 1. The zero-order chi connectivity index (χ0) is 15.1. The highest BCUT2D eigenvalue weighted by Crippen LogP contribution is 2.35. The van der Waals surface area contributed by atoms with Crippen molar-refractivity contribution in [1.29, 1.82) is 0 Å². The van der Waals surface area contributed by atoms with Gasteiger partial charge in [0.2, 0.25) is 0 Å². The van der Waals surface area contributed by atoms with Crippen molar-refractivity contribution in [1.82, 2.24) is 9.88 Å². The minimum absolute atomic E-state index is 0.0190. The summed E-state index contributed by atoms with van der Waals surface area (Å²) in [7, 11) is 0. The Kier molecular flexibility index (Phi) is 3.70. The Labute approximate surface area is 130 Å². The fraction of sp³-hybridized carbons (Fsp3) is 0.471. The predicted molar refractivity (Wildman–Crippen MR) is 87.2 cm³/mol. The predicted octanol–water partition coefficient (Wildman–Crippen LogP) is 4.33. The van der Waals surface area contributed by atoms with Crippen LogP contribution in [-0.2, 0) is 6.54 Å². The van der Waals surface area contributed by atoms with Gasteiger partial charge in [0.05, 0.1) is 10.5 Å². The molecule has 1 heterocycles. The van der Waals surface area contributed by atoms with Crippen molar-refractivity contribution >= 4 is 28.4 Å². The summed E-state index contributed by atoms with van der Waals surface area (Å²) in [5, 5.41) is 4.88. The van der Waals surface area contributed by atoms with Crippen molar-refractivity contribution < 1.29 is 4.79 Å². The van der Waals surface area contributed by atoms with Gasteiger partial charge >= 0.3 is 0 Å². The van der Waals surface area contributed by atoms with Gasteiger partial charge in [0, 0.05) is 29.2 Å². The molecule has 1 fully saturated rings. The van der Waals surface area contributed by atoms with Gasteiger partial charge in [-0.15, -0.1) is 0 Å². The molecule has 2 aromatic rings. The van der Waals surface area contributed by atoms with E-state index in [0.717, 1.165) is 41.0 Å². The van der Waals surface area contributed by atoms with Crippen molar-refractivity contribution in [2.75, 3.05) is 0 Å². The molecule has 1 aromatic heterocycles. The maximum absolute atomic E-state index is 12.2. The number of nitrogens with one attached hydrogen (secondary N) is 1. The summed E-state index contributed by atoms with van der Waals surface area (Å²) < 4.78 is 2.22. The molecular formula is C17H21ClN2O. The van der Waals surface area contributed by atoms with E-state index in [9.17, 15) is 4.79 Å². The van der Waals surface area contributed by atoms with Crippen LogP contribution in [0, 0.1) is 0 Å². The van der Waals surface area contributed by atoms with Crippen molar-refractivity contribution in [2.24, 2.45) is 0 Å². The molecule has 0 spiro atoms. The van der Waals surface area contributed by atoms with Crippen LogP contribution in [0.3, 0.4) is 0 Å². The van der Waals surface area contributed by atoms with Gasteiger partial charge in [0.1, 0.15) is 0 Å². The number of carbonyl (C=O) groups is 1. The SMILES string of the molecule is CCn1c(C(C)C)c(Cl)c2ccc(C(=O)NC3CC3)cc21. The van der Waals surface area contributed by atoms with Crippen molar-refractivity contribution in [3.05, 3.63) is 34.5 Å². The Morgan fingerprint density at radius 2 is 2.14 bits per heavy atom. The molecule has 3 rings (SSSR count). The maximum atomic E-state index is 12.2. The quantitative estimate of drug-likeness (QED) is 0.896. The molecule has 1 aromatic carbocycles. The van der Waals surface area contributed by atoms with Crippen LogP contribution in [-0.4, -0.2) is 16.5 Å². The molecule has 4 heteroatoms. The number of fused-ring (bicyclic) bond motifs is 1. The smallest absolute Gasteiger partial charge is 0.251 e. The van der Waals surface area contributed by atoms with Gasteiger partial charge in [-0.25, -0.2) is 0 Å². The molecule has 1 aliphatic rings. The molecule has 0 aliphatic heterocycles. The van der Waals surface area contributed by atoms with Crippen LogP contribution in [0.5, 0.6) is 0 Å². The second kappa shape index (κ2) is 5.38. The van der Waals surface area contributed by atoms with E-state index in [-0.39, 0.29) is 5.91 Å². The Morgan fingerprint density at radius 3 is 2.71 bits per heavy atom. The summed E-state index contributed by atoms with van der Waals surface area (Å²) in [5.74, 6) is 0.374. The number of hydrogen-bond acceptors (Lipinski definition) is 1. The molecule has 1 amide bonds. The lowest BCUT2D eigenvalue weighted by atomic mass is 10.1. The lowest BCUT2D eigenvalue weighted by molar-refractivity contribution is 0.0951. The highest BCUT2D eigenvalue weighted by molar-refractivity contribution is 6.36. The van der Waals surface area contributed by atoms with E-state index in [1.165, 1.54) is 0 Å². The fourth-order valence-corrected chi connectivity index (χ4v) is 3.35. The van der Waals surface area contributed by atoms with Crippen LogP contribution in [0.1, 0.15) is 55.6 Å². The third-order valence-corrected chi connectivity index (χ3v) is 4.48. The van der Waals surface area contributed by atoms with E-state index in [1.54, 1.807) is 0 Å². The molecule has 112 valence electrons. The average molecular weight is 305 g/mol. The summed E-state index contributed by atoms with van der Waals surface area (Å²) in [5.41, 5.74) is 2.91. The van der Waals surface area contributed by atoms with Crippen molar-refractivity contribution in [2.45, 2.75) is 52.1 Å². The van der Waals surface area contributed by atoms with Crippen LogP contribution in [0.25, 0.3) is 10.9 Å². The summed E-state index contributed by atoms with van der Waals surface area (Å²) in [6.07, 6.45) is 2.20. The van der Waals surface area contributed by atoms with Gasteiger partial charge in [-0.1, -0.05) is 31.5 Å². The molecule has 0 radical (unpaired) electrons. The van der Waals surface area contributed by atoms with Gasteiger partial charge < -0.3 is 9.88 Å². The third-order valence-electron chi connectivity index (χ3n) is 4.08. The normalized spacial score (nSPS) is 14.9. The van der Waals surface area contributed by atoms with E-state index in [0.29, 0.717) is 17.5 Å². The zero-order valence-corrected chi connectivity index (χ0v) is 13.5. The molecule has 0 saturated heterocycles. The van der Waals surface area contributed by atoms with Crippen LogP contribution in [0.2, 0.25) is 5.02 Å². The maximum Gasteiger partial charge on any atom is 0.251 e. The number of nitrogens with zero attached hydrogens (tertiary/aromatic N) is 1. The molecule has 0 bridgehead atoms. The summed E-state index contributed by atoms with van der Waals surface area (Å²) in [6, 6.07) is 6.18. The van der Waals surface area contributed by atoms with Crippen LogP contribution >= 0.6 is 11.6 Å². The lowest BCUT2D eigenvalue weighted by Crippen LogP contribution is -2.25. The second-order valence-electron chi connectivity index (χ2n) is 6.08. The Balaban J connectivity index is 2.09. The van der Waals surface area contributed by atoms with Crippen LogP contribution < -0.4 is 5.32 Å². The lowest BCUT2D eigenvalue weighted by Gasteiger charge is -2.11. The van der Waals surface area contributed by atoms with Crippen molar-refractivity contribution in [3.8, 4) is 0 Å². The Bertz CT molecular complexity index is 698. The van der Waals surface area contributed by atoms with Crippen LogP contribution in [0.15, 0.2) is 18.2 Å². The summed E-state index contributed by atoms with van der Waals surface area (Å²) >= 11 is 6.54. The number of amides is 1. The topological polar surface area (TPSA) is 34.0 Å². The third kappa shape index (κ3) is 2.55.